The fourth-order valence-corrected chi connectivity index (χ4v) is 7.79. The summed E-state index contributed by atoms with van der Waals surface area (Å²) < 4.78 is 22.6. The normalized spacial score (nSPS) is 19.7. The molecule has 0 N–H and O–H groups in total. The summed E-state index contributed by atoms with van der Waals surface area (Å²) in [7, 11) is -0.699. The third-order valence-electron chi connectivity index (χ3n) is 9.45. The van der Waals surface area contributed by atoms with Gasteiger partial charge < -0.3 is 14.2 Å². The summed E-state index contributed by atoms with van der Waals surface area (Å²) in [5.74, 6) is 1.51. The second kappa shape index (κ2) is 12.5. The lowest BCUT2D eigenvalue weighted by molar-refractivity contribution is 0.0589. The van der Waals surface area contributed by atoms with Crippen LogP contribution >= 0.6 is 0 Å². The van der Waals surface area contributed by atoms with Crippen LogP contribution in [0.3, 0.4) is 0 Å². The summed E-state index contributed by atoms with van der Waals surface area (Å²) in [6.07, 6.45) is 2.90. The second-order valence-corrected chi connectivity index (χ2v) is 28.7. The molecule has 1 amide bonds. The van der Waals surface area contributed by atoms with Gasteiger partial charge in [-0.1, -0.05) is 46.2 Å². The number of rotatable bonds is 12. The molecule has 0 saturated heterocycles. The number of aromatic nitrogens is 4. The second-order valence-electron chi connectivity index (χ2n) is 17.4. The maximum atomic E-state index is 13.0. The zero-order valence-electron chi connectivity index (χ0n) is 30.5. The highest BCUT2D eigenvalue weighted by molar-refractivity contribution is 6.76. The molecule has 9 nitrogen and oxygen atoms in total. The van der Waals surface area contributed by atoms with E-state index in [-0.39, 0.29) is 0 Å². The molecule has 5 rings (SSSR count). The highest BCUT2D eigenvalue weighted by atomic mass is 28.3. The number of anilines is 1. The van der Waals surface area contributed by atoms with Crippen LogP contribution in [0.25, 0.3) is 22.6 Å². The van der Waals surface area contributed by atoms with Gasteiger partial charge in [-0.2, -0.15) is 5.10 Å². The molecule has 0 spiro atoms. The molecule has 0 unspecified atom stereocenters. The minimum absolute atomic E-state index is 0.359. The maximum Gasteiger partial charge on any atom is 0.414 e. The van der Waals surface area contributed by atoms with E-state index >= 15 is 0 Å². The van der Waals surface area contributed by atoms with E-state index < -0.39 is 27.8 Å². The topological polar surface area (TPSA) is 83.6 Å². The van der Waals surface area contributed by atoms with E-state index in [2.05, 4.69) is 62.4 Å². The van der Waals surface area contributed by atoms with E-state index in [0.717, 1.165) is 65.3 Å². The number of hydrogen-bond acceptors (Lipinski definition) is 6. The van der Waals surface area contributed by atoms with Crippen LogP contribution in [0.15, 0.2) is 12.1 Å². The van der Waals surface area contributed by atoms with Crippen LogP contribution in [-0.2, 0) is 40.5 Å². The van der Waals surface area contributed by atoms with Crippen LogP contribution in [0.2, 0.25) is 51.4 Å². The molecule has 2 atom stereocenters. The van der Waals surface area contributed by atoms with Gasteiger partial charge in [0.15, 0.2) is 5.82 Å². The van der Waals surface area contributed by atoms with Gasteiger partial charge in [-0.05, 0) is 88.1 Å². The predicted molar refractivity (Wildman–Crippen MR) is 192 cm³/mol. The smallest absolute Gasteiger partial charge is 0.414 e. The van der Waals surface area contributed by atoms with Gasteiger partial charge in [-0.25, -0.2) is 14.5 Å². The van der Waals surface area contributed by atoms with Crippen LogP contribution in [0.1, 0.15) is 50.9 Å². The van der Waals surface area contributed by atoms with E-state index in [0.29, 0.717) is 31.4 Å². The monoisotopic (exact) mass is 667 g/mol. The summed E-state index contributed by atoms with van der Waals surface area (Å²) in [6.45, 7) is 26.7. The zero-order chi connectivity index (χ0) is 33.8. The third kappa shape index (κ3) is 7.97. The SMILES string of the molecule is Cc1cc(N(C)C(=O)OC(C)(C)C)cc2c1nc(-c1nn(COCC[Si](C)(C)C)c3c1C[C@@H]1C[C@]1(C)C3)n2COCC[Si](C)(C)C. The molecule has 2 heterocycles. The van der Waals surface area contributed by atoms with Gasteiger partial charge in [-0.3, -0.25) is 9.47 Å². The minimum atomic E-state index is -1.27. The highest BCUT2D eigenvalue weighted by Gasteiger charge is 2.54. The summed E-state index contributed by atoms with van der Waals surface area (Å²) in [4.78, 5) is 19.9. The van der Waals surface area contributed by atoms with Crippen LogP contribution < -0.4 is 4.90 Å². The lowest BCUT2D eigenvalue weighted by Crippen LogP contribution is -2.34. The van der Waals surface area contributed by atoms with E-state index in [4.69, 9.17) is 24.3 Å². The molecule has 1 aromatic carbocycles. The largest absolute Gasteiger partial charge is 0.443 e. The van der Waals surface area contributed by atoms with Gasteiger partial charge in [0.05, 0.1) is 11.0 Å². The Morgan fingerprint density at radius 1 is 1.04 bits per heavy atom. The van der Waals surface area contributed by atoms with E-state index in [9.17, 15) is 4.79 Å². The van der Waals surface area contributed by atoms with Crippen molar-refractivity contribution < 1.29 is 19.0 Å². The van der Waals surface area contributed by atoms with Crippen molar-refractivity contribution >= 4 is 39.0 Å². The number of amides is 1. The summed E-state index contributed by atoms with van der Waals surface area (Å²) >= 11 is 0. The molecule has 2 aliphatic rings. The number of imidazole rings is 1. The van der Waals surface area contributed by atoms with Crippen molar-refractivity contribution in [2.45, 2.75) is 124 Å². The van der Waals surface area contributed by atoms with Crippen LogP contribution in [0, 0.1) is 18.3 Å². The fourth-order valence-electron chi connectivity index (χ4n) is 6.28. The van der Waals surface area contributed by atoms with E-state index in [1.54, 1.807) is 11.9 Å². The Labute approximate surface area is 278 Å². The molecule has 1 saturated carbocycles. The Hall–Kier alpha value is -2.48. The molecule has 0 bridgehead atoms. The Morgan fingerprint density at radius 2 is 1.67 bits per heavy atom. The predicted octanol–water partition coefficient (Wildman–Crippen LogP) is 8.33. The van der Waals surface area contributed by atoms with Gasteiger partial charge in [0, 0.05) is 53.4 Å². The number of benzene rings is 1. The molecule has 2 aromatic heterocycles. The van der Waals surface area contributed by atoms with Crippen molar-refractivity contribution in [3.8, 4) is 11.5 Å². The number of hydrogen-bond donors (Lipinski definition) is 0. The Balaban J connectivity index is 1.56. The average Bonchev–Trinajstić information content (AvgIpc) is 3.27. The van der Waals surface area contributed by atoms with Crippen molar-refractivity contribution in [2.75, 3.05) is 25.2 Å². The van der Waals surface area contributed by atoms with Crippen molar-refractivity contribution in [1.82, 2.24) is 19.3 Å². The fraction of sp³-hybridized carbons (Fsp3) is 0.686. The molecule has 3 aromatic rings. The van der Waals surface area contributed by atoms with Crippen molar-refractivity contribution in [1.29, 1.82) is 0 Å². The van der Waals surface area contributed by atoms with Crippen LogP contribution in [-0.4, -0.2) is 67.4 Å². The quantitative estimate of drug-likeness (QED) is 0.143. The van der Waals surface area contributed by atoms with Gasteiger partial charge >= 0.3 is 6.09 Å². The highest BCUT2D eigenvalue weighted by Crippen LogP contribution is 2.60. The van der Waals surface area contributed by atoms with Crippen molar-refractivity contribution in [3.63, 3.8) is 0 Å². The van der Waals surface area contributed by atoms with Crippen molar-refractivity contribution in [2.24, 2.45) is 11.3 Å². The molecular formula is C35H57N5O4Si2. The maximum absolute atomic E-state index is 13.0. The van der Waals surface area contributed by atoms with Gasteiger partial charge in [-0.15, -0.1) is 0 Å². The molecule has 0 radical (unpaired) electrons. The van der Waals surface area contributed by atoms with Gasteiger partial charge in [0.1, 0.15) is 24.8 Å². The van der Waals surface area contributed by atoms with E-state index in [1.165, 1.54) is 17.7 Å². The zero-order valence-corrected chi connectivity index (χ0v) is 32.5. The third-order valence-corrected chi connectivity index (χ3v) is 12.9. The minimum Gasteiger partial charge on any atom is -0.443 e. The molecule has 0 aliphatic heterocycles. The first-order valence-corrected chi connectivity index (χ1v) is 24.4. The molecule has 1 fully saturated rings. The Morgan fingerprint density at radius 3 is 2.28 bits per heavy atom. The standard InChI is InChI=1S/C35H57N5O4Si2/c1-24-17-26(38(6)33(41)44-34(2,3)4)19-28-30(24)36-32(39(28)22-42-13-15-45(7,8)9)31-27-18-25-20-35(25,5)21-29(27)40(37-31)23-43-14-16-46(10,11)12/h17,19,25H,13-16,18,20-23H2,1-12H3/t25-,35-/m1/s1. The Kier molecular flexibility index (Phi) is 9.49. The number of carbonyl (C=O) groups excluding carboxylic acids is 1. The number of ether oxygens (including phenoxy) is 3. The van der Waals surface area contributed by atoms with E-state index in [1.807, 2.05) is 32.9 Å². The lowest BCUT2D eigenvalue weighted by Gasteiger charge is -2.25. The van der Waals surface area contributed by atoms with Crippen LogP contribution in [0.4, 0.5) is 10.5 Å². The molecular weight excluding hydrogens is 611 g/mol. The molecule has 2 aliphatic carbocycles. The number of fused-ring (bicyclic) bond motifs is 3. The average molecular weight is 668 g/mol. The van der Waals surface area contributed by atoms with Crippen LogP contribution in [0.5, 0.6) is 0 Å². The van der Waals surface area contributed by atoms with Gasteiger partial charge in [0.2, 0.25) is 0 Å². The van der Waals surface area contributed by atoms with Crippen molar-refractivity contribution in [3.05, 3.63) is 29.0 Å². The first-order valence-electron chi connectivity index (χ1n) is 17.0. The first kappa shape index (κ1) is 34.8. The summed E-state index contributed by atoms with van der Waals surface area (Å²) in [5, 5.41) is 5.25. The lowest BCUT2D eigenvalue weighted by atomic mass is 9.87. The summed E-state index contributed by atoms with van der Waals surface area (Å²) in [5.41, 5.74) is 6.87. The van der Waals surface area contributed by atoms with Gasteiger partial charge in [0.25, 0.3) is 0 Å². The summed E-state index contributed by atoms with van der Waals surface area (Å²) in [6, 6.07) is 6.26. The molecule has 254 valence electrons. The molecule has 46 heavy (non-hydrogen) atoms. The number of aryl methyl sites for hydroxylation is 1. The molecule has 11 heteroatoms. The number of nitrogens with zero attached hydrogens (tertiary/aromatic N) is 5. The first-order chi connectivity index (χ1) is 21.2. The Bertz CT molecular complexity index is 1590. The number of carbonyl (C=O) groups is 1.